The Kier molecular flexibility index (Phi) is 6.72. The zero-order valence-electron chi connectivity index (χ0n) is 13.8. The van der Waals surface area contributed by atoms with Crippen LogP contribution >= 0.6 is 0 Å². The highest BCUT2D eigenvalue weighted by Crippen LogP contribution is 2.16. The molecule has 1 aliphatic heterocycles. The second-order valence-electron chi connectivity index (χ2n) is 6.01. The molecule has 2 rings (SSSR count). The molecule has 4 nitrogen and oxygen atoms in total. The molecule has 1 aromatic carbocycles. The second kappa shape index (κ2) is 8.79. The highest BCUT2D eigenvalue weighted by atomic mass is 16.5. The molecule has 1 aliphatic rings. The number of hydrogen-bond donors (Lipinski definition) is 1. The summed E-state index contributed by atoms with van der Waals surface area (Å²) >= 11 is 0. The molecule has 0 bridgehead atoms. The third-order valence-corrected chi connectivity index (χ3v) is 4.11. The van der Waals surface area contributed by atoms with Crippen LogP contribution in [-0.2, 0) is 11.2 Å². The first-order valence-corrected chi connectivity index (χ1v) is 8.42. The van der Waals surface area contributed by atoms with Crippen LogP contribution < -0.4 is 10.1 Å². The molecule has 1 unspecified atom stereocenters. The first-order chi connectivity index (χ1) is 10.7. The van der Waals surface area contributed by atoms with E-state index in [0.29, 0.717) is 5.91 Å². The lowest BCUT2D eigenvalue weighted by molar-refractivity contribution is -0.135. The van der Waals surface area contributed by atoms with E-state index in [4.69, 9.17) is 4.74 Å². The topological polar surface area (TPSA) is 41.6 Å². The quantitative estimate of drug-likeness (QED) is 0.841. The van der Waals surface area contributed by atoms with Crippen LogP contribution in [0.3, 0.4) is 0 Å². The Hall–Kier alpha value is -1.55. The molecule has 1 fully saturated rings. The summed E-state index contributed by atoms with van der Waals surface area (Å²) in [7, 11) is 0. The van der Waals surface area contributed by atoms with Gasteiger partial charge >= 0.3 is 0 Å². The molecule has 1 amide bonds. The summed E-state index contributed by atoms with van der Waals surface area (Å²) in [6.45, 7) is 8.42. The number of hydrogen-bond acceptors (Lipinski definition) is 3. The molecule has 0 spiro atoms. The maximum Gasteiger partial charge on any atom is 0.225 e. The molecule has 1 N–H and O–H groups in total. The van der Waals surface area contributed by atoms with Crippen LogP contribution in [0.5, 0.6) is 5.75 Å². The van der Waals surface area contributed by atoms with E-state index in [9.17, 15) is 4.79 Å². The van der Waals surface area contributed by atoms with Gasteiger partial charge in [-0.15, -0.1) is 0 Å². The smallest absolute Gasteiger partial charge is 0.225 e. The van der Waals surface area contributed by atoms with E-state index in [-0.39, 0.29) is 5.92 Å². The van der Waals surface area contributed by atoms with E-state index in [2.05, 4.69) is 24.4 Å². The number of aryl methyl sites for hydroxylation is 1. The predicted octanol–water partition coefficient (Wildman–Crippen LogP) is 2.48. The van der Waals surface area contributed by atoms with Gasteiger partial charge in [-0.3, -0.25) is 4.79 Å². The molecule has 0 radical (unpaired) electrons. The number of nitrogens with one attached hydrogen (secondary N) is 1. The van der Waals surface area contributed by atoms with Crippen molar-refractivity contribution in [3.8, 4) is 5.75 Å². The second-order valence-corrected chi connectivity index (χ2v) is 6.01. The Balaban J connectivity index is 1.77. The van der Waals surface area contributed by atoms with Gasteiger partial charge in [0, 0.05) is 32.1 Å². The third-order valence-electron chi connectivity index (χ3n) is 4.11. The molecule has 0 aromatic heterocycles. The summed E-state index contributed by atoms with van der Waals surface area (Å²) in [5.41, 5.74) is 1.27. The normalized spacial score (nSPS) is 16.4. The Morgan fingerprint density at radius 2 is 1.95 bits per heavy atom. The van der Waals surface area contributed by atoms with E-state index in [1.807, 2.05) is 24.0 Å². The van der Waals surface area contributed by atoms with Gasteiger partial charge in [-0.05, 0) is 37.0 Å². The molecule has 0 aliphatic carbocycles. The summed E-state index contributed by atoms with van der Waals surface area (Å²) in [5, 5.41) is 3.28. The summed E-state index contributed by atoms with van der Waals surface area (Å²) in [5.74, 6) is 1.31. The number of carbonyl (C=O) groups is 1. The van der Waals surface area contributed by atoms with Crippen molar-refractivity contribution in [2.75, 3.05) is 32.8 Å². The largest absolute Gasteiger partial charge is 0.494 e. The fourth-order valence-electron chi connectivity index (χ4n) is 2.68. The van der Waals surface area contributed by atoms with Gasteiger partial charge in [0.05, 0.1) is 6.61 Å². The van der Waals surface area contributed by atoms with E-state index < -0.39 is 0 Å². The zero-order chi connectivity index (χ0) is 15.8. The van der Waals surface area contributed by atoms with Crippen LogP contribution in [0.2, 0.25) is 0 Å². The number of carbonyl (C=O) groups excluding carboxylic acids is 1. The molecular formula is C18H28N2O2. The van der Waals surface area contributed by atoms with Gasteiger partial charge in [0.25, 0.3) is 0 Å². The lowest BCUT2D eigenvalue weighted by atomic mass is 9.99. The van der Waals surface area contributed by atoms with Crippen molar-refractivity contribution >= 4 is 5.91 Å². The Bertz CT molecular complexity index is 453. The molecule has 1 aromatic rings. The Morgan fingerprint density at radius 1 is 1.27 bits per heavy atom. The van der Waals surface area contributed by atoms with Crippen molar-refractivity contribution in [1.82, 2.24) is 10.2 Å². The molecule has 0 saturated carbocycles. The van der Waals surface area contributed by atoms with Crippen LogP contribution in [0.15, 0.2) is 24.3 Å². The SMILES string of the molecule is CCCOc1ccc(CCC(C)C(=O)N2CCNCC2)cc1. The summed E-state index contributed by atoms with van der Waals surface area (Å²) in [6.07, 6.45) is 2.86. The predicted molar refractivity (Wildman–Crippen MR) is 89.2 cm³/mol. The van der Waals surface area contributed by atoms with E-state index in [1.165, 1.54) is 5.56 Å². The van der Waals surface area contributed by atoms with Crippen molar-refractivity contribution in [2.45, 2.75) is 33.1 Å². The van der Waals surface area contributed by atoms with Gasteiger partial charge in [-0.1, -0.05) is 26.0 Å². The fourth-order valence-corrected chi connectivity index (χ4v) is 2.68. The van der Waals surface area contributed by atoms with Gasteiger partial charge in [0.1, 0.15) is 5.75 Å². The number of rotatable bonds is 7. The van der Waals surface area contributed by atoms with E-state index in [0.717, 1.165) is 57.8 Å². The molecular weight excluding hydrogens is 276 g/mol. The summed E-state index contributed by atoms with van der Waals surface area (Å²) in [6, 6.07) is 8.25. The molecule has 1 saturated heterocycles. The first kappa shape index (κ1) is 16.8. The highest BCUT2D eigenvalue weighted by molar-refractivity contribution is 5.78. The Morgan fingerprint density at radius 3 is 2.59 bits per heavy atom. The third kappa shape index (κ3) is 5.02. The van der Waals surface area contributed by atoms with Gasteiger partial charge < -0.3 is 15.0 Å². The number of ether oxygens (including phenoxy) is 1. The molecule has 22 heavy (non-hydrogen) atoms. The van der Waals surface area contributed by atoms with Crippen molar-refractivity contribution in [3.05, 3.63) is 29.8 Å². The van der Waals surface area contributed by atoms with Crippen LogP contribution in [0.25, 0.3) is 0 Å². The van der Waals surface area contributed by atoms with E-state index in [1.54, 1.807) is 0 Å². The molecule has 122 valence electrons. The minimum Gasteiger partial charge on any atom is -0.494 e. The van der Waals surface area contributed by atoms with Gasteiger partial charge in [-0.25, -0.2) is 0 Å². The average Bonchev–Trinajstić information content (AvgIpc) is 2.58. The number of benzene rings is 1. The van der Waals surface area contributed by atoms with Gasteiger partial charge in [0.2, 0.25) is 5.91 Å². The van der Waals surface area contributed by atoms with Gasteiger partial charge in [0.15, 0.2) is 0 Å². The van der Waals surface area contributed by atoms with Crippen molar-refractivity contribution in [1.29, 1.82) is 0 Å². The molecule has 4 heteroatoms. The summed E-state index contributed by atoms with van der Waals surface area (Å²) in [4.78, 5) is 14.4. The lowest BCUT2D eigenvalue weighted by Crippen LogP contribution is -2.48. The summed E-state index contributed by atoms with van der Waals surface area (Å²) < 4.78 is 5.59. The van der Waals surface area contributed by atoms with Crippen LogP contribution in [0.4, 0.5) is 0 Å². The van der Waals surface area contributed by atoms with Crippen LogP contribution in [0, 0.1) is 5.92 Å². The van der Waals surface area contributed by atoms with Crippen LogP contribution in [0.1, 0.15) is 32.3 Å². The fraction of sp³-hybridized carbons (Fsp3) is 0.611. The minimum absolute atomic E-state index is 0.0918. The van der Waals surface area contributed by atoms with E-state index >= 15 is 0 Å². The number of nitrogens with zero attached hydrogens (tertiary/aromatic N) is 1. The van der Waals surface area contributed by atoms with Crippen molar-refractivity contribution < 1.29 is 9.53 Å². The number of amides is 1. The molecule has 1 heterocycles. The van der Waals surface area contributed by atoms with Gasteiger partial charge in [-0.2, -0.15) is 0 Å². The molecule has 1 atom stereocenters. The first-order valence-electron chi connectivity index (χ1n) is 8.42. The van der Waals surface area contributed by atoms with Crippen molar-refractivity contribution in [2.24, 2.45) is 5.92 Å². The highest BCUT2D eigenvalue weighted by Gasteiger charge is 2.21. The van der Waals surface area contributed by atoms with Crippen molar-refractivity contribution in [3.63, 3.8) is 0 Å². The monoisotopic (exact) mass is 304 g/mol. The number of piperazine rings is 1. The standard InChI is InChI=1S/C18H28N2O2/c1-3-14-22-17-8-6-16(7-9-17)5-4-15(2)18(21)20-12-10-19-11-13-20/h6-9,15,19H,3-5,10-14H2,1-2H3. The Labute approximate surface area is 133 Å². The van der Waals surface area contributed by atoms with Crippen LogP contribution in [-0.4, -0.2) is 43.6 Å². The zero-order valence-corrected chi connectivity index (χ0v) is 13.8. The average molecular weight is 304 g/mol. The minimum atomic E-state index is 0.0918. The maximum atomic E-state index is 12.4. The lowest BCUT2D eigenvalue weighted by Gasteiger charge is -2.29. The maximum absolute atomic E-state index is 12.4.